The lowest BCUT2D eigenvalue weighted by Crippen LogP contribution is -2.13. The van der Waals surface area contributed by atoms with E-state index in [2.05, 4.69) is 23.5 Å². The summed E-state index contributed by atoms with van der Waals surface area (Å²) in [5.74, 6) is 5.06. The lowest BCUT2D eigenvalue weighted by atomic mass is 10.0. The van der Waals surface area contributed by atoms with E-state index in [-0.39, 0.29) is 12.0 Å². The summed E-state index contributed by atoms with van der Waals surface area (Å²) >= 11 is 0. The molecular weight excluding hydrogens is 168 g/mol. The second-order valence-electron chi connectivity index (χ2n) is 2.97. The van der Waals surface area contributed by atoms with Crippen molar-refractivity contribution in [3.05, 3.63) is 0 Å². The summed E-state index contributed by atoms with van der Waals surface area (Å²) in [4.78, 5) is 10.7. The van der Waals surface area contributed by atoms with E-state index >= 15 is 0 Å². The number of methoxy groups -OCH3 is 1. The van der Waals surface area contributed by atoms with Crippen LogP contribution in [0.25, 0.3) is 0 Å². The van der Waals surface area contributed by atoms with Gasteiger partial charge in [0.05, 0.1) is 13.2 Å². The van der Waals surface area contributed by atoms with Crippen LogP contribution < -0.4 is 0 Å². The molecule has 0 aromatic rings. The van der Waals surface area contributed by atoms with Crippen molar-refractivity contribution in [1.29, 1.82) is 0 Å². The Morgan fingerprint density at radius 3 is 3.08 bits per heavy atom. The van der Waals surface area contributed by atoms with E-state index in [1.54, 1.807) is 0 Å². The SMILES string of the molecule is CCC1OCCC1C#CC(=O)OC. The molecular formula is C10H14O3. The van der Waals surface area contributed by atoms with Gasteiger partial charge in [-0.2, -0.15) is 0 Å². The number of carbonyl (C=O) groups excluding carboxylic acids is 1. The highest BCUT2D eigenvalue weighted by atomic mass is 16.5. The van der Waals surface area contributed by atoms with E-state index in [9.17, 15) is 4.79 Å². The van der Waals surface area contributed by atoms with E-state index in [1.807, 2.05) is 0 Å². The fraction of sp³-hybridized carbons (Fsp3) is 0.700. The summed E-state index contributed by atoms with van der Waals surface area (Å²) in [6.07, 6.45) is 2.06. The minimum atomic E-state index is -0.471. The highest BCUT2D eigenvalue weighted by molar-refractivity contribution is 5.88. The number of esters is 1. The predicted molar refractivity (Wildman–Crippen MR) is 47.9 cm³/mol. The third-order valence-corrected chi connectivity index (χ3v) is 2.16. The molecule has 2 atom stereocenters. The molecule has 3 heteroatoms. The largest absolute Gasteiger partial charge is 0.459 e. The number of hydrogen-bond acceptors (Lipinski definition) is 3. The summed E-state index contributed by atoms with van der Waals surface area (Å²) in [7, 11) is 1.33. The van der Waals surface area contributed by atoms with Crippen molar-refractivity contribution in [2.24, 2.45) is 5.92 Å². The Hall–Kier alpha value is -1.01. The van der Waals surface area contributed by atoms with Gasteiger partial charge in [-0.15, -0.1) is 0 Å². The van der Waals surface area contributed by atoms with Crippen LogP contribution in [0.2, 0.25) is 0 Å². The van der Waals surface area contributed by atoms with Crippen LogP contribution in [0.5, 0.6) is 0 Å². The van der Waals surface area contributed by atoms with E-state index in [0.717, 1.165) is 19.4 Å². The van der Waals surface area contributed by atoms with E-state index in [1.165, 1.54) is 7.11 Å². The molecule has 1 saturated heterocycles. The van der Waals surface area contributed by atoms with Gasteiger partial charge in [-0.1, -0.05) is 12.8 Å². The Balaban J connectivity index is 2.50. The molecule has 1 fully saturated rings. The Morgan fingerprint density at radius 1 is 1.69 bits per heavy atom. The molecule has 72 valence electrons. The van der Waals surface area contributed by atoms with Crippen molar-refractivity contribution in [1.82, 2.24) is 0 Å². The molecule has 0 aromatic carbocycles. The number of ether oxygens (including phenoxy) is 2. The van der Waals surface area contributed by atoms with Crippen molar-refractivity contribution in [2.75, 3.05) is 13.7 Å². The Labute approximate surface area is 78.4 Å². The summed E-state index contributed by atoms with van der Waals surface area (Å²) < 4.78 is 9.85. The van der Waals surface area contributed by atoms with Crippen LogP contribution in [0.1, 0.15) is 19.8 Å². The van der Waals surface area contributed by atoms with Gasteiger partial charge < -0.3 is 9.47 Å². The highest BCUT2D eigenvalue weighted by Gasteiger charge is 2.24. The van der Waals surface area contributed by atoms with Gasteiger partial charge in [-0.05, 0) is 12.8 Å². The van der Waals surface area contributed by atoms with Gasteiger partial charge in [0.15, 0.2) is 0 Å². The van der Waals surface area contributed by atoms with Crippen molar-refractivity contribution >= 4 is 5.97 Å². The Kier molecular flexibility index (Phi) is 3.78. The lowest BCUT2D eigenvalue weighted by molar-refractivity contribution is -0.133. The van der Waals surface area contributed by atoms with Gasteiger partial charge in [0.25, 0.3) is 0 Å². The smallest absolute Gasteiger partial charge is 0.384 e. The van der Waals surface area contributed by atoms with E-state index in [0.29, 0.717) is 0 Å². The van der Waals surface area contributed by atoms with Crippen LogP contribution in [0.3, 0.4) is 0 Å². The summed E-state index contributed by atoms with van der Waals surface area (Å²) in [5.41, 5.74) is 0. The van der Waals surface area contributed by atoms with Crippen molar-refractivity contribution in [3.8, 4) is 11.8 Å². The molecule has 2 unspecified atom stereocenters. The first-order chi connectivity index (χ1) is 6.27. The Morgan fingerprint density at radius 2 is 2.46 bits per heavy atom. The van der Waals surface area contributed by atoms with E-state index in [4.69, 9.17) is 4.74 Å². The fourth-order valence-corrected chi connectivity index (χ4v) is 1.42. The molecule has 1 rings (SSSR count). The number of rotatable bonds is 1. The first-order valence-electron chi connectivity index (χ1n) is 4.49. The second kappa shape index (κ2) is 4.88. The zero-order valence-electron chi connectivity index (χ0n) is 8.00. The lowest BCUT2D eigenvalue weighted by Gasteiger charge is -2.09. The molecule has 3 nitrogen and oxygen atoms in total. The zero-order valence-corrected chi connectivity index (χ0v) is 8.00. The molecule has 1 aliphatic rings. The first kappa shape index (κ1) is 10.1. The van der Waals surface area contributed by atoms with Crippen molar-refractivity contribution < 1.29 is 14.3 Å². The topological polar surface area (TPSA) is 35.5 Å². The Bertz CT molecular complexity index is 236. The summed E-state index contributed by atoms with van der Waals surface area (Å²) in [6.45, 7) is 2.81. The molecule has 0 N–H and O–H groups in total. The van der Waals surface area contributed by atoms with Crippen molar-refractivity contribution in [3.63, 3.8) is 0 Å². The van der Waals surface area contributed by atoms with Crippen molar-refractivity contribution in [2.45, 2.75) is 25.9 Å². The number of hydrogen-bond donors (Lipinski definition) is 0. The second-order valence-corrected chi connectivity index (χ2v) is 2.97. The number of carbonyl (C=O) groups is 1. The molecule has 13 heavy (non-hydrogen) atoms. The molecule has 0 aliphatic carbocycles. The molecule has 0 amide bonds. The monoisotopic (exact) mass is 182 g/mol. The van der Waals surface area contributed by atoms with Crippen LogP contribution in [0, 0.1) is 17.8 Å². The fourth-order valence-electron chi connectivity index (χ4n) is 1.42. The minimum Gasteiger partial charge on any atom is -0.459 e. The third kappa shape index (κ3) is 2.74. The van der Waals surface area contributed by atoms with Gasteiger partial charge in [0.1, 0.15) is 0 Å². The molecule has 0 spiro atoms. The van der Waals surface area contributed by atoms with Gasteiger partial charge in [0, 0.05) is 18.4 Å². The molecule has 0 bridgehead atoms. The van der Waals surface area contributed by atoms with Gasteiger partial charge in [0.2, 0.25) is 0 Å². The van der Waals surface area contributed by atoms with Crippen LogP contribution in [0.4, 0.5) is 0 Å². The quantitative estimate of drug-likeness (QED) is 0.344. The average molecular weight is 182 g/mol. The normalized spacial score (nSPS) is 26.3. The molecule has 1 heterocycles. The summed E-state index contributed by atoms with van der Waals surface area (Å²) in [5, 5.41) is 0. The van der Waals surface area contributed by atoms with Gasteiger partial charge >= 0.3 is 5.97 Å². The molecule has 0 aromatic heterocycles. The van der Waals surface area contributed by atoms with Gasteiger partial charge in [-0.3, -0.25) is 0 Å². The maximum absolute atomic E-state index is 10.7. The van der Waals surface area contributed by atoms with Crippen LogP contribution >= 0.6 is 0 Å². The first-order valence-corrected chi connectivity index (χ1v) is 4.49. The van der Waals surface area contributed by atoms with Crippen LogP contribution in [0.15, 0.2) is 0 Å². The molecule has 0 radical (unpaired) electrons. The standard InChI is InChI=1S/C10H14O3/c1-3-9-8(6-7-13-9)4-5-10(11)12-2/h8-9H,3,6-7H2,1-2H3. The molecule has 0 saturated carbocycles. The van der Waals surface area contributed by atoms with Crippen LogP contribution in [-0.4, -0.2) is 25.8 Å². The zero-order chi connectivity index (χ0) is 9.68. The maximum atomic E-state index is 10.7. The maximum Gasteiger partial charge on any atom is 0.384 e. The van der Waals surface area contributed by atoms with E-state index < -0.39 is 5.97 Å². The minimum absolute atomic E-state index is 0.192. The van der Waals surface area contributed by atoms with Crippen LogP contribution in [-0.2, 0) is 14.3 Å². The third-order valence-electron chi connectivity index (χ3n) is 2.16. The highest BCUT2D eigenvalue weighted by Crippen LogP contribution is 2.22. The summed E-state index contributed by atoms with van der Waals surface area (Å²) in [6, 6.07) is 0. The average Bonchev–Trinajstić information content (AvgIpc) is 2.61. The predicted octanol–water partition coefficient (Wildman–Crippen LogP) is 0.978. The molecule has 1 aliphatic heterocycles. The van der Waals surface area contributed by atoms with Gasteiger partial charge in [-0.25, -0.2) is 4.79 Å².